The molecule has 1 heterocycles. The van der Waals surface area contributed by atoms with Crippen LogP contribution in [0.5, 0.6) is 0 Å². The Morgan fingerprint density at radius 3 is 2.60 bits per heavy atom. The first-order valence-corrected chi connectivity index (χ1v) is 8.02. The molecule has 1 N–H and O–H groups in total. The third kappa shape index (κ3) is 3.20. The van der Waals surface area contributed by atoms with Crippen LogP contribution in [0.3, 0.4) is 0 Å². The highest BCUT2D eigenvalue weighted by Gasteiger charge is 2.23. The Morgan fingerprint density at radius 1 is 1.30 bits per heavy atom. The third-order valence-corrected chi connectivity index (χ3v) is 4.80. The Labute approximate surface area is 123 Å². The van der Waals surface area contributed by atoms with E-state index in [-0.39, 0.29) is 17.2 Å². The molecule has 0 saturated heterocycles. The van der Waals surface area contributed by atoms with Gasteiger partial charge in [-0.25, -0.2) is 13.1 Å². The van der Waals surface area contributed by atoms with Gasteiger partial charge in [0.25, 0.3) is 0 Å². The summed E-state index contributed by atoms with van der Waals surface area (Å²) in [6.45, 7) is 3.36. The summed E-state index contributed by atoms with van der Waals surface area (Å²) in [6.07, 6.45) is 0. The van der Waals surface area contributed by atoms with Crippen molar-refractivity contribution in [3.05, 3.63) is 46.8 Å². The maximum Gasteiger partial charge on any atom is 0.246 e. The zero-order valence-electron chi connectivity index (χ0n) is 11.2. The minimum atomic E-state index is -3.64. The highest BCUT2D eigenvalue weighted by atomic mass is 35.5. The van der Waals surface area contributed by atoms with Gasteiger partial charge in [-0.15, -0.1) is 11.6 Å². The fourth-order valence-corrected chi connectivity index (χ4v) is 3.44. The molecule has 1 aromatic carbocycles. The highest BCUT2D eigenvalue weighted by molar-refractivity contribution is 7.89. The van der Waals surface area contributed by atoms with Gasteiger partial charge in [0.2, 0.25) is 10.0 Å². The highest BCUT2D eigenvalue weighted by Crippen LogP contribution is 2.19. The van der Waals surface area contributed by atoms with Gasteiger partial charge in [-0.2, -0.15) is 0 Å². The Hall–Kier alpha value is -1.37. The average molecular weight is 315 g/mol. The molecular weight excluding hydrogens is 300 g/mol. The number of hydrogen-bond acceptors (Lipinski definition) is 4. The molecule has 0 spiro atoms. The second kappa shape index (κ2) is 5.95. The molecule has 1 aromatic heterocycles. The molecular formula is C13H15ClN2O3S. The molecule has 0 atom stereocenters. The van der Waals surface area contributed by atoms with Crippen molar-refractivity contribution in [1.29, 1.82) is 0 Å². The number of nitrogens with zero attached hydrogens (tertiary/aromatic N) is 1. The molecule has 20 heavy (non-hydrogen) atoms. The molecule has 0 bridgehead atoms. The van der Waals surface area contributed by atoms with Crippen LogP contribution in [0.1, 0.15) is 22.6 Å². The zero-order chi connectivity index (χ0) is 14.8. The lowest BCUT2D eigenvalue weighted by atomic mass is 10.1. The molecule has 0 saturated carbocycles. The third-order valence-electron chi connectivity index (χ3n) is 2.85. The number of alkyl halides is 1. The molecule has 7 heteroatoms. The predicted molar refractivity (Wildman–Crippen MR) is 76.0 cm³/mol. The standard InChI is InChI=1S/C13H15ClN2O3S/c1-9-13(10(2)19-16-9)20(17,18)15-8-12-5-3-4-11(6-12)7-14/h3-6,15H,7-8H2,1-2H3. The Bertz CT molecular complexity index is 691. The summed E-state index contributed by atoms with van der Waals surface area (Å²) in [7, 11) is -3.64. The maximum atomic E-state index is 12.2. The molecule has 0 aliphatic carbocycles. The van der Waals surface area contributed by atoms with Crippen molar-refractivity contribution in [3.63, 3.8) is 0 Å². The first kappa shape index (κ1) is 15.0. The molecule has 0 aliphatic rings. The van der Waals surface area contributed by atoms with Crippen LogP contribution in [-0.2, 0) is 22.4 Å². The van der Waals surface area contributed by atoms with E-state index in [1.807, 2.05) is 24.3 Å². The Balaban J connectivity index is 2.17. The van der Waals surface area contributed by atoms with E-state index in [1.54, 1.807) is 13.8 Å². The van der Waals surface area contributed by atoms with Gasteiger partial charge in [0.1, 0.15) is 10.6 Å². The molecule has 108 valence electrons. The summed E-state index contributed by atoms with van der Waals surface area (Å²) >= 11 is 5.75. The van der Waals surface area contributed by atoms with Crippen molar-refractivity contribution < 1.29 is 12.9 Å². The number of sulfonamides is 1. The lowest BCUT2D eigenvalue weighted by Crippen LogP contribution is -2.24. The van der Waals surface area contributed by atoms with Gasteiger partial charge in [-0.05, 0) is 25.0 Å². The molecule has 0 amide bonds. The van der Waals surface area contributed by atoms with E-state index in [1.165, 1.54) is 0 Å². The summed E-state index contributed by atoms with van der Waals surface area (Å²) < 4.78 is 31.9. The van der Waals surface area contributed by atoms with Crippen LogP contribution in [0.25, 0.3) is 0 Å². The van der Waals surface area contributed by atoms with Crippen LogP contribution in [-0.4, -0.2) is 13.6 Å². The molecule has 0 radical (unpaired) electrons. The summed E-state index contributed by atoms with van der Waals surface area (Å²) in [5.74, 6) is 0.675. The lowest BCUT2D eigenvalue weighted by molar-refractivity contribution is 0.390. The maximum absolute atomic E-state index is 12.2. The minimum absolute atomic E-state index is 0.103. The number of benzene rings is 1. The number of aromatic nitrogens is 1. The molecule has 2 aromatic rings. The van der Waals surface area contributed by atoms with Crippen molar-refractivity contribution in [2.75, 3.05) is 0 Å². The first-order chi connectivity index (χ1) is 9.44. The van der Waals surface area contributed by atoms with Crippen molar-refractivity contribution >= 4 is 21.6 Å². The largest absolute Gasteiger partial charge is 0.360 e. The van der Waals surface area contributed by atoms with Crippen LogP contribution in [0.15, 0.2) is 33.7 Å². The van der Waals surface area contributed by atoms with Gasteiger partial charge >= 0.3 is 0 Å². The van der Waals surface area contributed by atoms with Gasteiger partial charge in [0.15, 0.2) is 5.76 Å². The van der Waals surface area contributed by atoms with Crippen molar-refractivity contribution in [3.8, 4) is 0 Å². The number of aryl methyl sites for hydroxylation is 2. The smallest absolute Gasteiger partial charge is 0.246 e. The number of rotatable bonds is 5. The fourth-order valence-electron chi connectivity index (χ4n) is 1.93. The van der Waals surface area contributed by atoms with Gasteiger partial charge in [-0.1, -0.05) is 29.4 Å². The predicted octanol–water partition coefficient (Wildman–Crippen LogP) is 2.51. The quantitative estimate of drug-likeness (QED) is 0.861. The van der Waals surface area contributed by atoms with E-state index >= 15 is 0 Å². The van der Waals surface area contributed by atoms with Gasteiger partial charge in [0, 0.05) is 12.4 Å². The summed E-state index contributed by atoms with van der Waals surface area (Å²) in [5.41, 5.74) is 2.14. The lowest BCUT2D eigenvalue weighted by Gasteiger charge is -2.07. The minimum Gasteiger partial charge on any atom is -0.360 e. The normalized spacial score (nSPS) is 11.8. The summed E-state index contributed by atoms with van der Waals surface area (Å²) in [5, 5.41) is 3.65. The van der Waals surface area contributed by atoms with Crippen molar-refractivity contribution in [1.82, 2.24) is 9.88 Å². The van der Waals surface area contributed by atoms with Crippen LogP contribution >= 0.6 is 11.6 Å². The molecule has 0 fully saturated rings. The van der Waals surface area contributed by atoms with E-state index in [0.29, 0.717) is 11.6 Å². The monoisotopic (exact) mass is 314 g/mol. The van der Waals surface area contributed by atoms with Crippen molar-refractivity contribution in [2.45, 2.75) is 31.2 Å². The zero-order valence-corrected chi connectivity index (χ0v) is 12.8. The number of nitrogens with one attached hydrogen (secondary N) is 1. The molecule has 5 nitrogen and oxygen atoms in total. The van der Waals surface area contributed by atoms with Crippen LogP contribution in [0, 0.1) is 13.8 Å². The van der Waals surface area contributed by atoms with Crippen LogP contribution in [0.4, 0.5) is 0 Å². The fraction of sp³-hybridized carbons (Fsp3) is 0.308. The van der Waals surface area contributed by atoms with Gasteiger partial charge < -0.3 is 4.52 Å². The summed E-state index contributed by atoms with van der Waals surface area (Å²) in [4.78, 5) is 0.103. The molecule has 0 unspecified atom stereocenters. The van der Waals surface area contributed by atoms with E-state index < -0.39 is 10.0 Å². The Morgan fingerprint density at radius 2 is 2.00 bits per heavy atom. The molecule has 2 rings (SSSR count). The molecule has 0 aliphatic heterocycles. The second-order valence-corrected chi connectivity index (χ2v) is 6.40. The van der Waals surface area contributed by atoms with Gasteiger partial charge in [0.05, 0.1) is 0 Å². The SMILES string of the molecule is Cc1noc(C)c1S(=O)(=O)NCc1cccc(CCl)c1. The van der Waals surface area contributed by atoms with Crippen molar-refractivity contribution in [2.24, 2.45) is 0 Å². The topological polar surface area (TPSA) is 72.2 Å². The number of halogens is 1. The van der Waals surface area contributed by atoms with Gasteiger partial charge in [-0.3, -0.25) is 0 Å². The van der Waals surface area contributed by atoms with E-state index in [2.05, 4.69) is 9.88 Å². The summed E-state index contributed by atoms with van der Waals surface area (Å²) in [6, 6.07) is 7.44. The van der Waals surface area contributed by atoms with E-state index in [9.17, 15) is 8.42 Å². The average Bonchev–Trinajstić information content (AvgIpc) is 2.77. The first-order valence-electron chi connectivity index (χ1n) is 6.00. The van der Waals surface area contributed by atoms with Crippen LogP contribution in [0.2, 0.25) is 0 Å². The Kier molecular flexibility index (Phi) is 4.47. The van der Waals surface area contributed by atoms with E-state index in [0.717, 1.165) is 11.1 Å². The second-order valence-electron chi connectivity index (χ2n) is 4.43. The van der Waals surface area contributed by atoms with Crippen LogP contribution < -0.4 is 4.72 Å². The van der Waals surface area contributed by atoms with E-state index in [4.69, 9.17) is 16.1 Å². The number of hydrogen-bond donors (Lipinski definition) is 1.